The van der Waals surface area contributed by atoms with Gasteiger partial charge in [-0.1, -0.05) is 6.92 Å². The Labute approximate surface area is 127 Å². The second-order valence-electron chi connectivity index (χ2n) is 3.00. The number of hydrogen-bond donors (Lipinski definition) is 0. The van der Waals surface area contributed by atoms with Gasteiger partial charge in [0.15, 0.2) is 0 Å². The Hall–Kier alpha value is 1.47. The molecular weight excluding hydrogens is 233 g/mol. The third-order valence-electron chi connectivity index (χ3n) is 2.14. The maximum Gasteiger partial charge on any atom is 1.00 e. The van der Waals surface area contributed by atoms with Crippen molar-refractivity contribution >= 4 is 10.1 Å². The van der Waals surface area contributed by atoms with E-state index in [9.17, 15) is 13.0 Å². The van der Waals surface area contributed by atoms with E-state index in [0.29, 0.717) is 32.7 Å². The van der Waals surface area contributed by atoms with Gasteiger partial charge in [-0.15, -0.1) is 0 Å². The Kier molecular flexibility index (Phi) is 7.65. The number of hydrogen-bond acceptors (Lipinski definition) is 5. The summed E-state index contributed by atoms with van der Waals surface area (Å²) in [5, 5.41) is -0.878. The summed E-state index contributed by atoms with van der Waals surface area (Å²) < 4.78 is 37.5. The molecule has 1 saturated heterocycles. The fourth-order valence-electron chi connectivity index (χ4n) is 1.51. The largest absolute Gasteiger partial charge is 1.00 e. The van der Waals surface area contributed by atoms with Crippen LogP contribution in [0, 0.1) is 0 Å². The summed E-state index contributed by atoms with van der Waals surface area (Å²) in [6.45, 7) is 3.77. The van der Waals surface area contributed by atoms with Gasteiger partial charge in [0.2, 0.25) is 0 Å². The van der Waals surface area contributed by atoms with E-state index in [-0.39, 0.29) is 51.4 Å². The molecule has 14 heavy (non-hydrogen) atoms. The Morgan fingerprint density at radius 1 is 1.43 bits per heavy atom. The molecule has 0 aromatic heterocycles. The van der Waals surface area contributed by atoms with Crippen molar-refractivity contribution in [3.05, 3.63) is 0 Å². The van der Waals surface area contributed by atoms with Gasteiger partial charge in [-0.2, -0.15) is 0 Å². The zero-order valence-corrected chi connectivity index (χ0v) is 12.5. The predicted molar refractivity (Wildman–Crippen MR) is 46.2 cm³/mol. The summed E-state index contributed by atoms with van der Waals surface area (Å²) in [6.07, 6.45) is 0.339. The topological polar surface area (TPSA) is 69.7 Å². The molecular formula is C7H14KNO4S. The van der Waals surface area contributed by atoms with Gasteiger partial charge >= 0.3 is 51.4 Å². The quantitative estimate of drug-likeness (QED) is 0.384. The molecule has 0 bridgehead atoms. The van der Waals surface area contributed by atoms with Crippen LogP contribution in [0.15, 0.2) is 0 Å². The van der Waals surface area contributed by atoms with Crippen LogP contribution in [0.4, 0.5) is 0 Å². The van der Waals surface area contributed by atoms with Gasteiger partial charge in [-0.3, -0.25) is 4.90 Å². The molecule has 78 valence electrons. The van der Waals surface area contributed by atoms with E-state index in [4.69, 9.17) is 4.74 Å². The Morgan fingerprint density at radius 2 is 1.93 bits per heavy atom. The average molecular weight is 247 g/mol. The van der Waals surface area contributed by atoms with E-state index >= 15 is 0 Å². The van der Waals surface area contributed by atoms with Crippen LogP contribution in [0.3, 0.4) is 0 Å². The molecule has 0 radical (unpaired) electrons. The predicted octanol–water partition coefficient (Wildman–Crippen LogP) is -3.40. The zero-order valence-electron chi connectivity index (χ0n) is 8.60. The summed E-state index contributed by atoms with van der Waals surface area (Å²) in [7, 11) is -4.19. The number of rotatable bonds is 3. The molecule has 0 aromatic rings. The molecule has 5 nitrogen and oxygen atoms in total. The Morgan fingerprint density at radius 3 is 2.29 bits per heavy atom. The standard InChI is InChI=1S/C7H15NO4S.K/c1-2-7(13(9,10)11)8-3-5-12-6-4-8;/h7H,2-6H2,1H3,(H,9,10,11);/q;+1/p-1. The van der Waals surface area contributed by atoms with E-state index in [1.165, 1.54) is 0 Å². The summed E-state index contributed by atoms with van der Waals surface area (Å²) in [5.74, 6) is 0. The minimum atomic E-state index is -4.19. The second-order valence-corrected chi connectivity index (χ2v) is 4.53. The van der Waals surface area contributed by atoms with Crippen molar-refractivity contribution in [3.63, 3.8) is 0 Å². The first-order valence-corrected chi connectivity index (χ1v) is 5.79. The van der Waals surface area contributed by atoms with Gasteiger partial charge in [-0.05, 0) is 6.42 Å². The zero-order chi connectivity index (χ0) is 9.90. The van der Waals surface area contributed by atoms with Crippen molar-refractivity contribution in [1.29, 1.82) is 0 Å². The summed E-state index contributed by atoms with van der Waals surface area (Å²) in [4.78, 5) is 1.67. The van der Waals surface area contributed by atoms with Crippen LogP contribution in [-0.4, -0.2) is 49.5 Å². The molecule has 1 fully saturated rings. The summed E-state index contributed by atoms with van der Waals surface area (Å²) in [5.41, 5.74) is 0. The van der Waals surface area contributed by atoms with Crippen molar-refractivity contribution in [3.8, 4) is 0 Å². The van der Waals surface area contributed by atoms with Gasteiger partial charge in [0.25, 0.3) is 0 Å². The smallest absolute Gasteiger partial charge is 0.747 e. The molecule has 0 amide bonds. The number of nitrogens with zero attached hydrogens (tertiary/aromatic N) is 1. The molecule has 1 rings (SSSR count). The first-order valence-electron chi connectivity index (χ1n) is 4.32. The first-order chi connectivity index (χ1) is 6.05. The molecule has 0 saturated carbocycles. The van der Waals surface area contributed by atoms with E-state index < -0.39 is 15.5 Å². The van der Waals surface area contributed by atoms with Crippen LogP contribution in [0.1, 0.15) is 13.3 Å². The first kappa shape index (κ1) is 15.5. The molecule has 0 N–H and O–H groups in total. The van der Waals surface area contributed by atoms with Crippen LogP contribution in [-0.2, 0) is 14.9 Å². The molecule has 7 heteroatoms. The van der Waals surface area contributed by atoms with E-state index in [1.54, 1.807) is 11.8 Å². The third-order valence-corrected chi connectivity index (χ3v) is 3.43. The van der Waals surface area contributed by atoms with Crippen molar-refractivity contribution < 1.29 is 69.1 Å². The molecule has 0 spiro atoms. The molecule has 1 unspecified atom stereocenters. The monoisotopic (exact) mass is 247 g/mol. The van der Waals surface area contributed by atoms with Crippen LogP contribution in [0.25, 0.3) is 0 Å². The summed E-state index contributed by atoms with van der Waals surface area (Å²) >= 11 is 0. The molecule has 0 aromatic carbocycles. The fraction of sp³-hybridized carbons (Fsp3) is 1.00. The van der Waals surface area contributed by atoms with Gasteiger partial charge in [0, 0.05) is 13.1 Å². The van der Waals surface area contributed by atoms with Crippen molar-refractivity contribution in [2.45, 2.75) is 18.7 Å². The van der Waals surface area contributed by atoms with Gasteiger partial charge < -0.3 is 9.29 Å². The van der Waals surface area contributed by atoms with Crippen molar-refractivity contribution in [1.82, 2.24) is 4.90 Å². The average Bonchev–Trinajstić information content (AvgIpc) is 2.05. The normalized spacial score (nSPS) is 21.3. The van der Waals surface area contributed by atoms with Gasteiger partial charge in [-0.25, -0.2) is 8.42 Å². The maximum absolute atomic E-state index is 10.8. The molecule has 1 atom stereocenters. The van der Waals surface area contributed by atoms with Crippen LogP contribution < -0.4 is 51.4 Å². The molecule has 0 aliphatic carbocycles. The summed E-state index contributed by atoms with van der Waals surface area (Å²) in [6, 6.07) is 0. The van der Waals surface area contributed by atoms with E-state index in [2.05, 4.69) is 0 Å². The van der Waals surface area contributed by atoms with Crippen LogP contribution >= 0.6 is 0 Å². The minimum Gasteiger partial charge on any atom is -0.747 e. The SMILES string of the molecule is CCC(N1CCOCC1)S(=O)(=O)[O-].[K+]. The number of morpholine rings is 1. The third kappa shape index (κ3) is 4.54. The molecule has 1 aliphatic heterocycles. The van der Waals surface area contributed by atoms with Crippen molar-refractivity contribution in [2.75, 3.05) is 26.3 Å². The van der Waals surface area contributed by atoms with Crippen molar-refractivity contribution in [2.24, 2.45) is 0 Å². The molecule has 1 aliphatic rings. The molecule has 1 heterocycles. The van der Waals surface area contributed by atoms with E-state index in [0.717, 1.165) is 0 Å². The number of ether oxygens (including phenoxy) is 1. The fourth-order valence-corrected chi connectivity index (χ4v) is 2.49. The second kappa shape index (κ2) is 6.92. The van der Waals surface area contributed by atoms with Crippen LogP contribution in [0.2, 0.25) is 0 Å². The maximum atomic E-state index is 10.8. The Balaban J connectivity index is 0.00000169. The van der Waals surface area contributed by atoms with Gasteiger partial charge in [0.1, 0.15) is 15.5 Å². The van der Waals surface area contributed by atoms with Crippen LogP contribution in [0.5, 0.6) is 0 Å². The van der Waals surface area contributed by atoms with E-state index in [1.807, 2.05) is 0 Å². The minimum absolute atomic E-state index is 0. The van der Waals surface area contributed by atoms with Gasteiger partial charge in [0.05, 0.1) is 13.2 Å². The Bertz CT molecular complexity index is 250.